The van der Waals surface area contributed by atoms with Crippen LogP contribution in [0.15, 0.2) is 36.8 Å². The minimum absolute atomic E-state index is 0.477. The molecule has 0 radical (unpaired) electrons. The van der Waals surface area contributed by atoms with E-state index in [1.807, 2.05) is 47.5 Å². The molecule has 5 nitrogen and oxygen atoms in total. The highest BCUT2D eigenvalue weighted by Gasteiger charge is 2.16. The van der Waals surface area contributed by atoms with Gasteiger partial charge in [-0.2, -0.15) is 0 Å². The quantitative estimate of drug-likeness (QED) is 0.774. The lowest BCUT2D eigenvalue weighted by Crippen LogP contribution is -2.10. The molecular formula is C14H16N4O. The normalized spacial score (nSPS) is 13.0. The van der Waals surface area contributed by atoms with Crippen LogP contribution < -0.4 is 0 Å². The van der Waals surface area contributed by atoms with Gasteiger partial charge in [0.15, 0.2) is 0 Å². The van der Waals surface area contributed by atoms with E-state index >= 15 is 0 Å². The minimum Gasteiger partial charge on any atom is -0.386 e. The Hall–Kier alpha value is -2.14. The predicted molar refractivity (Wildman–Crippen MR) is 72.6 cm³/mol. The van der Waals surface area contributed by atoms with E-state index in [0.717, 1.165) is 22.6 Å². The Kier molecular flexibility index (Phi) is 2.83. The smallest absolute Gasteiger partial charge is 0.112 e. The summed E-state index contributed by atoms with van der Waals surface area (Å²) in [7, 11) is 3.85. The summed E-state index contributed by atoms with van der Waals surface area (Å²) >= 11 is 0. The first-order valence-corrected chi connectivity index (χ1v) is 6.21. The van der Waals surface area contributed by atoms with E-state index in [4.69, 9.17) is 0 Å². The van der Waals surface area contributed by atoms with Crippen molar-refractivity contribution in [2.75, 3.05) is 0 Å². The highest BCUT2D eigenvalue weighted by Crippen LogP contribution is 2.20. The predicted octanol–water partition coefficient (Wildman–Crippen LogP) is 1.58. The van der Waals surface area contributed by atoms with E-state index in [0.29, 0.717) is 6.42 Å². The monoisotopic (exact) mass is 256 g/mol. The molecule has 0 saturated carbocycles. The number of imidazole rings is 2. The molecule has 3 aromatic rings. The number of rotatable bonds is 3. The van der Waals surface area contributed by atoms with Gasteiger partial charge in [-0.25, -0.2) is 9.97 Å². The Morgan fingerprint density at radius 3 is 2.74 bits per heavy atom. The van der Waals surface area contributed by atoms with Crippen LogP contribution >= 0.6 is 0 Å². The summed E-state index contributed by atoms with van der Waals surface area (Å²) in [5.41, 5.74) is 2.83. The first kappa shape index (κ1) is 11.9. The molecule has 98 valence electrons. The number of aromatic nitrogens is 4. The minimum atomic E-state index is -0.594. The van der Waals surface area contributed by atoms with Crippen LogP contribution in [0.1, 0.15) is 17.6 Å². The van der Waals surface area contributed by atoms with Gasteiger partial charge in [0.2, 0.25) is 0 Å². The Bertz CT molecular complexity index is 713. The molecule has 0 aliphatic rings. The van der Waals surface area contributed by atoms with Gasteiger partial charge in [-0.1, -0.05) is 12.1 Å². The van der Waals surface area contributed by atoms with Gasteiger partial charge >= 0.3 is 0 Å². The lowest BCUT2D eigenvalue weighted by molar-refractivity contribution is 0.167. The van der Waals surface area contributed by atoms with Gasteiger partial charge in [0.05, 0.1) is 29.3 Å². The van der Waals surface area contributed by atoms with E-state index in [1.165, 1.54) is 0 Å². The summed E-state index contributed by atoms with van der Waals surface area (Å²) in [5.74, 6) is 0.870. The van der Waals surface area contributed by atoms with Crippen LogP contribution in [0.3, 0.4) is 0 Å². The molecule has 19 heavy (non-hydrogen) atoms. The van der Waals surface area contributed by atoms with Crippen molar-refractivity contribution in [3.05, 3.63) is 48.3 Å². The summed E-state index contributed by atoms with van der Waals surface area (Å²) in [4.78, 5) is 8.59. The van der Waals surface area contributed by atoms with Gasteiger partial charge in [-0.15, -0.1) is 0 Å². The molecule has 1 unspecified atom stereocenters. The average Bonchev–Trinajstić information content (AvgIpc) is 2.95. The molecule has 1 aromatic carbocycles. The SMILES string of the molecule is Cn1cncc1C(O)Cc1nc2ccccc2n1C. The van der Waals surface area contributed by atoms with Crippen LogP contribution in [0, 0.1) is 0 Å². The number of aliphatic hydroxyl groups excluding tert-OH is 1. The molecule has 1 N–H and O–H groups in total. The zero-order valence-corrected chi connectivity index (χ0v) is 11.0. The van der Waals surface area contributed by atoms with Gasteiger partial charge in [0.25, 0.3) is 0 Å². The highest BCUT2D eigenvalue weighted by atomic mass is 16.3. The number of fused-ring (bicyclic) bond motifs is 1. The third kappa shape index (κ3) is 2.02. The number of benzene rings is 1. The van der Waals surface area contributed by atoms with Crippen LogP contribution in [0.2, 0.25) is 0 Å². The standard InChI is InChI=1S/C14H16N4O/c1-17-9-15-8-12(17)13(19)7-14-16-10-5-3-4-6-11(10)18(14)2/h3-6,8-9,13,19H,7H2,1-2H3. The zero-order valence-electron chi connectivity index (χ0n) is 11.0. The second-order valence-corrected chi connectivity index (χ2v) is 4.73. The molecule has 1 atom stereocenters. The Labute approximate surface area is 111 Å². The van der Waals surface area contributed by atoms with Crippen molar-refractivity contribution in [1.29, 1.82) is 0 Å². The molecule has 0 amide bonds. The van der Waals surface area contributed by atoms with Crippen LogP contribution in [-0.4, -0.2) is 24.2 Å². The van der Waals surface area contributed by atoms with Crippen molar-refractivity contribution in [1.82, 2.24) is 19.1 Å². The molecular weight excluding hydrogens is 240 g/mol. The largest absolute Gasteiger partial charge is 0.386 e. The Morgan fingerprint density at radius 1 is 1.26 bits per heavy atom. The second-order valence-electron chi connectivity index (χ2n) is 4.73. The maximum Gasteiger partial charge on any atom is 0.112 e. The van der Waals surface area contributed by atoms with Crippen LogP contribution in [-0.2, 0) is 20.5 Å². The summed E-state index contributed by atoms with van der Waals surface area (Å²) < 4.78 is 3.85. The highest BCUT2D eigenvalue weighted by molar-refractivity contribution is 5.75. The van der Waals surface area contributed by atoms with E-state index < -0.39 is 6.10 Å². The van der Waals surface area contributed by atoms with Crippen molar-refractivity contribution in [2.45, 2.75) is 12.5 Å². The number of para-hydroxylation sites is 2. The molecule has 0 fully saturated rings. The van der Waals surface area contributed by atoms with Crippen LogP contribution in [0.4, 0.5) is 0 Å². The van der Waals surface area contributed by atoms with Crippen molar-refractivity contribution >= 4 is 11.0 Å². The van der Waals surface area contributed by atoms with Crippen LogP contribution in [0.5, 0.6) is 0 Å². The van der Waals surface area contributed by atoms with Crippen LogP contribution in [0.25, 0.3) is 11.0 Å². The number of hydrogen-bond donors (Lipinski definition) is 1. The fraction of sp³-hybridized carbons (Fsp3) is 0.286. The topological polar surface area (TPSA) is 55.9 Å². The van der Waals surface area contributed by atoms with E-state index in [9.17, 15) is 5.11 Å². The molecule has 0 aliphatic heterocycles. The summed E-state index contributed by atoms with van der Waals surface area (Å²) in [6.45, 7) is 0. The van der Waals surface area contributed by atoms with Gasteiger partial charge < -0.3 is 14.2 Å². The van der Waals surface area contributed by atoms with E-state index in [1.54, 1.807) is 12.5 Å². The first-order valence-electron chi connectivity index (χ1n) is 6.21. The molecule has 2 aromatic heterocycles. The molecule has 5 heteroatoms. The van der Waals surface area contributed by atoms with Gasteiger partial charge in [-0.05, 0) is 12.1 Å². The van der Waals surface area contributed by atoms with Gasteiger partial charge in [0, 0.05) is 20.5 Å². The van der Waals surface area contributed by atoms with E-state index in [-0.39, 0.29) is 0 Å². The van der Waals surface area contributed by atoms with Gasteiger partial charge in [-0.3, -0.25) is 0 Å². The molecule has 2 heterocycles. The zero-order chi connectivity index (χ0) is 13.4. The maximum atomic E-state index is 10.3. The average molecular weight is 256 g/mol. The lowest BCUT2D eigenvalue weighted by atomic mass is 10.2. The maximum absolute atomic E-state index is 10.3. The lowest BCUT2D eigenvalue weighted by Gasteiger charge is -2.10. The molecule has 0 bridgehead atoms. The molecule has 0 spiro atoms. The second kappa shape index (κ2) is 4.51. The van der Waals surface area contributed by atoms with Crippen molar-refractivity contribution in [3.8, 4) is 0 Å². The third-order valence-corrected chi connectivity index (χ3v) is 3.45. The number of hydrogen-bond acceptors (Lipinski definition) is 3. The Balaban J connectivity index is 1.93. The van der Waals surface area contributed by atoms with Gasteiger partial charge in [0.1, 0.15) is 11.9 Å². The molecule has 0 saturated heterocycles. The van der Waals surface area contributed by atoms with Crippen molar-refractivity contribution < 1.29 is 5.11 Å². The summed E-state index contributed by atoms with van der Waals surface area (Å²) in [6.07, 6.45) is 3.26. The van der Waals surface area contributed by atoms with E-state index in [2.05, 4.69) is 9.97 Å². The number of aliphatic hydroxyl groups is 1. The van der Waals surface area contributed by atoms with Crippen molar-refractivity contribution in [3.63, 3.8) is 0 Å². The molecule has 3 rings (SSSR count). The summed E-state index contributed by atoms with van der Waals surface area (Å²) in [5, 5.41) is 10.3. The number of nitrogens with zero attached hydrogens (tertiary/aromatic N) is 4. The Morgan fingerprint density at radius 2 is 2.05 bits per heavy atom. The first-order chi connectivity index (χ1) is 9.16. The number of aryl methyl sites for hydroxylation is 2. The fourth-order valence-corrected chi connectivity index (χ4v) is 2.34. The molecule has 0 aliphatic carbocycles. The van der Waals surface area contributed by atoms with Crippen molar-refractivity contribution in [2.24, 2.45) is 14.1 Å². The fourth-order valence-electron chi connectivity index (χ4n) is 2.34. The summed E-state index contributed by atoms with van der Waals surface area (Å²) in [6, 6.07) is 7.97. The third-order valence-electron chi connectivity index (χ3n) is 3.45.